The van der Waals surface area contributed by atoms with E-state index in [-0.39, 0.29) is 12.1 Å². The van der Waals surface area contributed by atoms with Gasteiger partial charge in [-0.15, -0.1) is 0 Å². The molecule has 1 fully saturated rings. The molecule has 1 atom stereocenters. The highest BCUT2D eigenvalue weighted by atomic mass is 16.2. The molecule has 0 saturated carbocycles. The molecule has 1 saturated heterocycles. The highest BCUT2D eigenvalue weighted by Gasteiger charge is 2.15. The molecule has 26 heavy (non-hydrogen) atoms. The molecule has 0 aliphatic carbocycles. The summed E-state index contributed by atoms with van der Waals surface area (Å²) >= 11 is 0. The third kappa shape index (κ3) is 4.54. The van der Waals surface area contributed by atoms with Crippen molar-refractivity contribution >= 4 is 11.7 Å². The van der Waals surface area contributed by atoms with Gasteiger partial charge in [0, 0.05) is 25.3 Å². The third-order valence-corrected chi connectivity index (χ3v) is 4.73. The van der Waals surface area contributed by atoms with E-state index in [1.165, 1.54) is 18.5 Å². The molecular weight excluding hydrogens is 324 g/mol. The molecule has 1 unspecified atom stereocenters. The SMILES string of the molecule is CC(NC(=O)NCc1ccc(C#N)cc1)c1cccc(N2CCCC2)c1. The molecular formula is C21H24N4O. The van der Waals surface area contributed by atoms with E-state index in [0.29, 0.717) is 12.1 Å². The maximum Gasteiger partial charge on any atom is 0.315 e. The molecule has 5 nitrogen and oxygen atoms in total. The van der Waals surface area contributed by atoms with Crippen LogP contribution in [0.3, 0.4) is 0 Å². The first-order chi connectivity index (χ1) is 12.7. The van der Waals surface area contributed by atoms with Crippen LogP contribution in [0.4, 0.5) is 10.5 Å². The number of anilines is 1. The molecule has 5 heteroatoms. The van der Waals surface area contributed by atoms with Gasteiger partial charge in [0.25, 0.3) is 0 Å². The summed E-state index contributed by atoms with van der Waals surface area (Å²) < 4.78 is 0. The Kier molecular flexibility index (Phi) is 5.75. The highest BCUT2D eigenvalue weighted by molar-refractivity contribution is 5.74. The normalized spacial score (nSPS) is 14.5. The summed E-state index contributed by atoms with van der Waals surface area (Å²) in [6.07, 6.45) is 2.49. The zero-order valence-electron chi connectivity index (χ0n) is 15.0. The lowest BCUT2D eigenvalue weighted by atomic mass is 10.1. The lowest BCUT2D eigenvalue weighted by Gasteiger charge is -2.21. The number of hydrogen-bond acceptors (Lipinski definition) is 3. The summed E-state index contributed by atoms with van der Waals surface area (Å²) in [5.41, 5.74) is 3.90. The van der Waals surface area contributed by atoms with Gasteiger partial charge in [-0.3, -0.25) is 0 Å². The zero-order valence-corrected chi connectivity index (χ0v) is 15.0. The maximum atomic E-state index is 12.2. The number of carbonyl (C=O) groups is 1. The van der Waals surface area contributed by atoms with Crippen LogP contribution in [-0.4, -0.2) is 19.1 Å². The molecule has 0 radical (unpaired) electrons. The van der Waals surface area contributed by atoms with Crippen molar-refractivity contribution < 1.29 is 4.79 Å². The number of rotatable bonds is 5. The average molecular weight is 348 g/mol. The topological polar surface area (TPSA) is 68.2 Å². The van der Waals surface area contributed by atoms with E-state index < -0.39 is 0 Å². The minimum absolute atomic E-state index is 0.0708. The Hall–Kier alpha value is -3.00. The van der Waals surface area contributed by atoms with Gasteiger partial charge < -0.3 is 15.5 Å². The minimum Gasteiger partial charge on any atom is -0.372 e. The van der Waals surface area contributed by atoms with Crippen molar-refractivity contribution in [2.24, 2.45) is 0 Å². The molecule has 0 bridgehead atoms. The minimum atomic E-state index is -0.201. The van der Waals surface area contributed by atoms with Crippen LogP contribution in [0.1, 0.15) is 42.5 Å². The summed E-state index contributed by atoms with van der Waals surface area (Å²) in [4.78, 5) is 14.6. The van der Waals surface area contributed by atoms with Crippen LogP contribution < -0.4 is 15.5 Å². The third-order valence-electron chi connectivity index (χ3n) is 4.73. The Bertz CT molecular complexity index is 788. The smallest absolute Gasteiger partial charge is 0.315 e. The Morgan fingerprint density at radius 2 is 1.92 bits per heavy atom. The zero-order chi connectivity index (χ0) is 18.4. The van der Waals surface area contributed by atoms with Crippen molar-refractivity contribution in [1.29, 1.82) is 5.26 Å². The van der Waals surface area contributed by atoms with E-state index in [9.17, 15) is 4.79 Å². The van der Waals surface area contributed by atoms with Gasteiger partial charge in [-0.1, -0.05) is 24.3 Å². The Balaban J connectivity index is 1.53. The molecule has 0 aromatic heterocycles. The lowest BCUT2D eigenvalue weighted by molar-refractivity contribution is 0.237. The molecule has 1 heterocycles. The van der Waals surface area contributed by atoms with Gasteiger partial charge in [-0.05, 0) is 55.2 Å². The highest BCUT2D eigenvalue weighted by Crippen LogP contribution is 2.23. The number of nitrogens with one attached hydrogen (secondary N) is 2. The molecule has 1 aliphatic rings. The van der Waals surface area contributed by atoms with Crippen molar-refractivity contribution in [2.45, 2.75) is 32.4 Å². The van der Waals surface area contributed by atoms with Crippen molar-refractivity contribution in [3.05, 3.63) is 65.2 Å². The molecule has 2 aromatic rings. The Morgan fingerprint density at radius 1 is 1.19 bits per heavy atom. The van der Waals surface area contributed by atoms with Crippen molar-refractivity contribution in [3.63, 3.8) is 0 Å². The molecule has 2 amide bonds. The maximum absolute atomic E-state index is 12.2. The summed E-state index contributed by atoms with van der Waals surface area (Å²) in [5, 5.41) is 14.7. The van der Waals surface area contributed by atoms with E-state index in [0.717, 1.165) is 24.2 Å². The van der Waals surface area contributed by atoms with E-state index in [4.69, 9.17) is 5.26 Å². The number of benzene rings is 2. The Labute approximate surface area is 154 Å². The fraction of sp³-hybridized carbons (Fsp3) is 0.333. The van der Waals surface area contributed by atoms with Gasteiger partial charge in [0.15, 0.2) is 0 Å². The number of hydrogen-bond donors (Lipinski definition) is 2. The number of nitriles is 1. The monoisotopic (exact) mass is 348 g/mol. The first kappa shape index (κ1) is 17.8. The number of carbonyl (C=O) groups excluding carboxylic acids is 1. The largest absolute Gasteiger partial charge is 0.372 e. The molecule has 2 aromatic carbocycles. The van der Waals surface area contributed by atoms with Gasteiger partial charge in [0.2, 0.25) is 0 Å². The van der Waals surface area contributed by atoms with Crippen LogP contribution in [0.25, 0.3) is 0 Å². The molecule has 2 N–H and O–H groups in total. The molecule has 0 spiro atoms. The van der Waals surface area contributed by atoms with Crippen molar-refractivity contribution in [2.75, 3.05) is 18.0 Å². The van der Waals surface area contributed by atoms with Crippen LogP contribution in [0.5, 0.6) is 0 Å². The second-order valence-corrected chi connectivity index (χ2v) is 6.65. The van der Waals surface area contributed by atoms with Crippen LogP contribution in [0.2, 0.25) is 0 Å². The number of urea groups is 1. The standard InChI is InChI=1S/C21H24N4O/c1-16(19-5-4-6-20(13-19)25-11-2-3-12-25)24-21(26)23-15-18-9-7-17(14-22)8-10-18/h4-10,13,16H,2-3,11-12,15H2,1H3,(H2,23,24,26). The second kappa shape index (κ2) is 8.39. The average Bonchev–Trinajstić information content (AvgIpc) is 3.22. The van der Waals surface area contributed by atoms with Crippen LogP contribution in [-0.2, 0) is 6.54 Å². The van der Waals surface area contributed by atoms with Crippen molar-refractivity contribution in [3.8, 4) is 6.07 Å². The molecule has 134 valence electrons. The van der Waals surface area contributed by atoms with Gasteiger partial charge in [-0.25, -0.2) is 4.79 Å². The van der Waals surface area contributed by atoms with E-state index in [1.54, 1.807) is 12.1 Å². The molecule has 1 aliphatic heterocycles. The fourth-order valence-electron chi connectivity index (χ4n) is 3.18. The van der Waals surface area contributed by atoms with E-state index in [1.807, 2.05) is 25.1 Å². The summed E-state index contributed by atoms with van der Waals surface area (Å²) in [6.45, 7) is 4.63. The van der Waals surface area contributed by atoms with Gasteiger partial charge in [0.05, 0.1) is 17.7 Å². The predicted octanol–water partition coefficient (Wildman–Crippen LogP) is 3.72. The first-order valence-corrected chi connectivity index (χ1v) is 9.04. The predicted molar refractivity (Wildman–Crippen MR) is 103 cm³/mol. The van der Waals surface area contributed by atoms with Crippen molar-refractivity contribution in [1.82, 2.24) is 10.6 Å². The molecule has 3 rings (SSSR count). The number of amides is 2. The van der Waals surface area contributed by atoms with Crippen LogP contribution >= 0.6 is 0 Å². The number of nitrogens with zero attached hydrogens (tertiary/aromatic N) is 2. The summed E-state index contributed by atoms with van der Waals surface area (Å²) in [7, 11) is 0. The summed E-state index contributed by atoms with van der Waals surface area (Å²) in [6, 6.07) is 17.4. The first-order valence-electron chi connectivity index (χ1n) is 9.04. The quantitative estimate of drug-likeness (QED) is 0.865. The van der Waals surface area contributed by atoms with Gasteiger partial charge in [0.1, 0.15) is 0 Å². The lowest BCUT2D eigenvalue weighted by Crippen LogP contribution is -2.36. The Morgan fingerprint density at radius 3 is 2.62 bits per heavy atom. The summed E-state index contributed by atoms with van der Waals surface area (Å²) in [5.74, 6) is 0. The van der Waals surface area contributed by atoms with E-state index in [2.05, 4.69) is 39.8 Å². The van der Waals surface area contributed by atoms with Crippen LogP contribution in [0.15, 0.2) is 48.5 Å². The second-order valence-electron chi connectivity index (χ2n) is 6.65. The van der Waals surface area contributed by atoms with Crippen LogP contribution in [0, 0.1) is 11.3 Å². The van der Waals surface area contributed by atoms with E-state index >= 15 is 0 Å². The van der Waals surface area contributed by atoms with Gasteiger partial charge >= 0.3 is 6.03 Å². The van der Waals surface area contributed by atoms with Gasteiger partial charge in [-0.2, -0.15) is 5.26 Å². The fourth-order valence-corrected chi connectivity index (χ4v) is 3.18.